The Morgan fingerprint density at radius 1 is 1.27 bits per heavy atom. The summed E-state index contributed by atoms with van der Waals surface area (Å²) in [5.41, 5.74) is 0.860. The summed E-state index contributed by atoms with van der Waals surface area (Å²) in [5.74, 6) is 1.17. The fraction of sp³-hybridized carbons (Fsp3) is 0.200. The molecule has 136 valence electrons. The van der Waals surface area contributed by atoms with E-state index in [1.807, 2.05) is 25.1 Å². The van der Waals surface area contributed by atoms with Crippen LogP contribution >= 0.6 is 15.9 Å². The topological polar surface area (TPSA) is 126 Å². The van der Waals surface area contributed by atoms with Gasteiger partial charge in [-0.2, -0.15) is 10.1 Å². The van der Waals surface area contributed by atoms with Crippen molar-refractivity contribution < 1.29 is 8.42 Å². The Morgan fingerprint density at radius 3 is 2.73 bits per heavy atom. The second-order valence-corrected chi connectivity index (χ2v) is 8.36. The first kappa shape index (κ1) is 18.3. The standard InChI is InChI=1S/C15H16BrN7O2S/c1-9(11-5-3-4-6-17-11)19-15-18-8-10(16)14(21-15)20-12-7-13(23-22-12)26(2,24)25/h3-9H,1-2H3,(H3,18,19,20,21,22,23). The predicted molar refractivity (Wildman–Crippen MR) is 101 cm³/mol. The second-order valence-electron chi connectivity index (χ2n) is 5.53. The van der Waals surface area contributed by atoms with E-state index in [0.29, 0.717) is 22.1 Å². The Labute approximate surface area is 158 Å². The van der Waals surface area contributed by atoms with Gasteiger partial charge < -0.3 is 10.6 Å². The largest absolute Gasteiger partial charge is 0.346 e. The van der Waals surface area contributed by atoms with Crippen LogP contribution in [0.3, 0.4) is 0 Å². The van der Waals surface area contributed by atoms with Crippen LogP contribution in [0.5, 0.6) is 0 Å². The molecule has 1 atom stereocenters. The van der Waals surface area contributed by atoms with Crippen molar-refractivity contribution >= 4 is 43.4 Å². The van der Waals surface area contributed by atoms with E-state index in [9.17, 15) is 8.42 Å². The minimum absolute atomic E-state index is 0.0206. The Kier molecular flexibility index (Phi) is 5.18. The lowest BCUT2D eigenvalue weighted by atomic mass is 10.2. The van der Waals surface area contributed by atoms with Gasteiger partial charge in [0.05, 0.1) is 16.2 Å². The average molecular weight is 438 g/mol. The molecule has 11 heteroatoms. The van der Waals surface area contributed by atoms with Crippen LogP contribution in [0.1, 0.15) is 18.7 Å². The number of halogens is 1. The number of hydrogen-bond acceptors (Lipinski definition) is 8. The SMILES string of the molecule is CC(Nc1ncc(Br)c(Nc2cc(S(C)(=O)=O)[nH]n2)n1)c1ccccn1. The Hall–Kier alpha value is -2.53. The van der Waals surface area contributed by atoms with Crippen molar-refractivity contribution in [2.75, 3.05) is 16.9 Å². The van der Waals surface area contributed by atoms with E-state index in [4.69, 9.17) is 0 Å². The lowest BCUT2D eigenvalue weighted by molar-refractivity contribution is 0.598. The molecule has 0 aliphatic carbocycles. The quantitative estimate of drug-likeness (QED) is 0.537. The molecule has 0 bridgehead atoms. The normalized spacial score (nSPS) is 12.6. The van der Waals surface area contributed by atoms with Crippen LogP contribution < -0.4 is 10.6 Å². The minimum atomic E-state index is -3.36. The summed E-state index contributed by atoms with van der Waals surface area (Å²) in [4.78, 5) is 12.9. The Bertz CT molecular complexity index is 1010. The van der Waals surface area contributed by atoms with Crippen LogP contribution in [0.2, 0.25) is 0 Å². The summed E-state index contributed by atoms with van der Waals surface area (Å²) >= 11 is 3.36. The molecule has 0 saturated heterocycles. The van der Waals surface area contributed by atoms with Gasteiger partial charge >= 0.3 is 0 Å². The van der Waals surface area contributed by atoms with Crippen LogP contribution in [-0.2, 0) is 9.84 Å². The van der Waals surface area contributed by atoms with E-state index < -0.39 is 9.84 Å². The third-order valence-corrected chi connectivity index (χ3v) is 5.01. The van der Waals surface area contributed by atoms with Crippen molar-refractivity contribution in [1.82, 2.24) is 25.1 Å². The number of anilines is 3. The molecule has 0 aliphatic rings. The van der Waals surface area contributed by atoms with Crippen molar-refractivity contribution in [2.24, 2.45) is 0 Å². The molecule has 9 nitrogen and oxygen atoms in total. The van der Waals surface area contributed by atoms with Crippen LogP contribution in [-0.4, -0.2) is 39.8 Å². The number of hydrogen-bond donors (Lipinski definition) is 3. The summed E-state index contributed by atoms with van der Waals surface area (Å²) < 4.78 is 23.7. The number of nitrogens with one attached hydrogen (secondary N) is 3. The molecule has 3 aromatic heterocycles. The average Bonchev–Trinajstić information content (AvgIpc) is 3.07. The van der Waals surface area contributed by atoms with E-state index in [1.54, 1.807) is 12.4 Å². The summed E-state index contributed by atoms with van der Waals surface area (Å²) in [6.45, 7) is 1.95. The van der Waals surface area contributed by atoms with Gasteiger partial charge in [0, 0.05) is 24.7 Å². The maximum Gasteiger partial charge on any atom is 0.225 e. The monoisotopic (exact) mass is 437 g/mol. The van der Waals surface area contributed by atoms with Gasteiger partial charge in [0.15, 0.2) is 26.5 Å². The van der Waals surface area contributed by atoms with Crippen molar-refractivity contribution in [3.8, 4) is 0 Å². The Morgan fingerprint density at radius 2 is 2.08 bits per heavy atom. The van der Waals surface area contributed by atoms with Crippen LogP contribution in [0, 0.1) is 0 Å². The fourth-order valence-electron chi connectivity index (χ4n) is 2.10. The molecule has 3 aromatic rings. The molecule has 3 heterocycles. The van der Waals surface area contributed by atoms with E-state index in [0.717, 1.165) is 11.9 Å². The number of H-pyrrole nitrogens is 1. The van der Waals surface area contributed by atoms with Gasteiger partial charge in [0.1, 0.15) is 0 Å². The molecule has 0 amide bonds. The molecule has 0 aliphatic heterocycles. The van der Waals surface area contributed by atoms with E-state index >= 15 is 0 Å². The number of rotatable bonds is 6. The zero-order valence-corrected chi connectivity index (χ0v) is 16.3. The zero-order chi connectivity index (χ0) is 18.7. The number of aromatic amines is 1. The number of nitrogens with zero attached hydrogens (tertiary/aromatic N) is 4. The molecule has 0 radical (unpaired) electrons. The number of aromatic nitrogens is 5. The summed E-state index contributed by atoms with van der Waals surface area (Å²) in [7, 11) is -3.36. The van der Waals surface area contributed by atoms with Crippen molar-refractivity contribution in [3.05, 3.63) is 46.8 Å². The van der Waals surface area contributed by atoms with Crippen LogP contribution in [0.4, 0.5) is 17.6 Å². The van der Waals surface area contributed by atoms with Crippen LogP contribution in [0.25, 0.3) is 0 Å². The minimum Gasteiger partial charge on any atom is -0.346 e. The van der Waals surface area contributed by atoms with Gasteiger partial charge in [-0.3, -0.25) is 10.1 Å². The summed E-state index contributed by atoms with van der Waals surface area (Å²) in [6.07, 6.45) is 4.42. The van der Waals surface area contributed by atoms with Crippen molar-refractivity contribution in [2.45, 2.75) is 18.0 Å². The molecule has 26 heavy (non-hydrogen) atoms. The Balaban J connectivity index is 1.78. The molecular weight excluding hydrogens is 422 g/mol. The highest BCUT2D eigenvalue weighted by Gasteiger charge is 2.14. The van der Waals surface area contributed by atoms with Gasteiger partial charge in [0.25, 0.3) is 0 Å². The fourth-order valence-corrected chi connectivity index (χ4v) is 2.93. The third-order valence-electron chi connectivity index (χ3n) is 3.42. The van der Waals surface area contributed by atoms with Gasteiger partial charge in [-0.25, -0.2) is 13.4 Å². The highest BCUT2D eigenvalue weighted by molar-refractivity contribution is 9.10. The van der Waals surface area contributed by atoms with Crippen molar-refractivity contribution in [3.63, 3.8) is 0 Å². The first-order valence-corrected chi connectivity index (χ1v) is 10.2. The zero-order valence-electron chi connectivity index (χ0n) is 13.9. The third kappa shape index (κ3) is 4.35. The smallest absolute Gasteiger partial charge is 0.225 e. The second kappa shape index (κ2) is 7.38. The van der Waals surface area contributed by atoms with Crippen molar-refractivity contribution in [1.29, 1.82) is 0 Å². The molecule has 3 N–H and O–H groups in total. The van der Waals surface area contributed by atoms with E-state index in [1.165, 1.54) is 6.07 Å². The van der Waals surface area contributed by atoms with Gasteiger partial charge in [0.2, 0.25) is 5.95 Å². The predicted octanol–water partition coefficient (Wildman–Crippen LogP) is 2.68. The van der Waals surface area contributed by atoms with Gasteiger partial charge in [-0.05, 0) is 35.0 Å². The molecule has 0 saturated carbocycles. The number of sulfone groups is 1. The molecule has 3 rings (SSSR count). The first-order valence-electron chi connectivity index (χ1n) is 7.55. The summed E-state index contributed by atoms with van der Waals surface area (Å²) in [5, 5.41) is 12.6. The maximum atomic E-state index is 11.5. The summed E-state index contributed by atoms with van der Waals surface area (Å²) in [6, 6.07) is 6.97. The lowest BCUT2D eigenvalue weighted by Crippen LogP contribution is -2.11. The highest BCUT2D eigenvalue weighted by atomic mass is 79.9. The lowest BCUT2D eigenvalue weighted by Gasteiger charge is -2.14. The highest BCUT2D eigenvalue weighted by Crippen LogP contribution is 2.25. The molecule has 0 aromatic carbocycles. The van der Waals surface area contributed by atoms with Crippen LogP contribution in [0.15, 0.2) is 46.2 Å². The van der Waals surface area contributed by atoms with E-state index in [2.05, 4.69) is 51.7 Å². The molecular formula is C15H16BrN7O2S. The molecule has 0 spiro atoms. The van der Waals surface area contributed by atoms with E-state index in [-0.39, 0.29) is 11.1 Å². The van der Waals surface area contributed by atoms with Gasteiger partial charge in [-0.1, -0.05) is 6.07 Å². The number of pyridine rings is 1. The first-order chi connectivity index (χ1) is 12.3. The maximum absolute atomic E-state index is 11.5. The van der Waals surface area contributed by atoms with Gasteiger partial charge in [-0.15, -0.1) is 0 Å². The molecule has 1 unspecified atom stereocenters. The molecule has 0 fully saturated rings.